The van der Waals surface area contributed by atoms with Gasteiger partial charge in [0.2, 0.25) is 0 Å². The smallest absolute Gasteiger partial charge is 0.328 e. The summed E-state index contributed by atoms with van der Waals surface area (Å²) < 4.78 is 0. The van der Waals surface area contributed by atoms with E-state index in [4.69, 9.17) is 16.6 Å². The highest BCUT2D eigenvalue weighted by Crippen LogP contribution is 2.26. The second-order valence-electron chi connectivity index (χ2n) is 4.61. The van der Waals surface area contributed by atoms with E-state index in [0.717, 1.165) is 0 Å². The molecule has 8 heteroatoms. The summed E-state index contributed by atoms with van der Waals surface area (Å²) in [6, 6.07) is 3.47. The Labute approximate surface area is 127 Å². The van der Waals surface area contributed by atoms with Crippen molar-refractivity contribution in [2.75, 3.05) is 6.54 Å². The van der Waals surface area contributed by atoms with Crippen LogP contribution in [0.4, 0.5) is 0 Å². The minimum absolute atomic E-state index is 0.0367. The zero-order chi connectivity index (χ0) is 16.5. The van der Waals surface area contributed by atoms with Crippen LogP contribution in [-0.2, 0) is 11.2 Å². The number of aromatic hydroxyl groups is 2. The van der Waals surface area contributed by atoms with Gasteiger partial charge in [0.05, 0.1) is 0 Å². The van der Waals surface area contributed by atoms with Crippen LogP contribution in [0, 0.1) is 0 Å². The average Bonchev–Trinajstić information content (AvgIpc) is 2.43. The van der Waals surface area contributed by atoms with Gasteiger partial charge in [0.1, 0.15) is 17.5 Å². The molecule has 0 bridgehead atoms. The number of aliphatic imine (C=N–C) groups is 2. The molecular weight excluding hydrogens is 288 g/mol. The van der Waals surface area contributed by atoms with Gasteiger partial charge in [-0.3, -0.25) is 9.98 Å². The Morgan fingerprint density at radius 1 is 1.27 bits per heavy atom. The summed E-state index contributed by atoms with van der Waals surface area (Å²) in [5, 5.41) is 28.3. The summed E-state index contributed by atoms with van der Waals surface area (Å²) in [4.78, 5) is 18.8. The SMILES string of the molecule is NC(N)=NCCC[C@H](N=CCc1c(O)cccc1O)C(=O)O. The fourth-order valence-electron chi connectivity index (χ4n) is 1.80. The molecule has 8 nitrogen and oxygen atoms in total. The first-order valence-corrected chi connectivity index (χ1v) is 6.71. The summed E-state index contributed by atoms with van der Waals surface area (Å²) in [7, 11) is 0. The third kappa shape index (κ3) is 5.70. The molecule has 0 unspecified atom stereocenters. The minimum Gasteiger partial charge on any atom is -0.508 e. The van der Waals surface area contributed by atoms with E-state index in [9.17, 15) is 15.0 Å². The van der Waals surface area contributed by atoms with Gasteiger partial charge in [-0.05, 0) is 25.0 Å². The normalized spacial score (nSPS) is 12.2. The van der Waals surface area contributed by atoms with Gasteiger partial charge in [-0.2, -0.15) is 0 Å². The van der Waals surface area contributed by atoms with Gasteiger partial charge < -0.3 is 26.8 Å². The Morgan fingerprint density at radius 3 is 2.45 bits per heavy atom. The van der Waals surface area contributed by atoms with Crippen LogP contribution in [0.25, 0.3) is 0 Å². The molecule has 120 valence electrons. The molecule has 0 heterocycles. The number of carboxylic acids is 1. The van der Waals surface area contributed by atoms with Crippen LogP contribution < -0.4 is 11.5 Å². The van der Waals surface area contributed by atoms with Gasteiger partial charge in [0.15, 0.2) is 5.96 Å². The Morgan fingerprint density at radius 2 is 1.91 bits per heavy atom. The van der Waals surface area contributed by atoms with Crippen LogP contribution in [0.3, 0.4) is 0 Å². The van der Waals surface area contributed by atoms with Gasteiger partial charge in [-0.25, -0.2) is 4.79 Å². The van der Waals surface area contributed by atoms with Crippen LogP contribution in [-0.4, -0.2) is 46.0 Å². The first-order chi connectivity index (χ1) is 10.4. The van der Waals surface area contributed by atoms with Crippen molar-refractivity contribution in [3.05, 3.63) is 23.8 Å². The second-order valence-corrected chi connectivity index (χ2v) is 4.61. The molecular formula is C14H20N4O4. The fraction of sp³-hybridized carbons (Fsp3) is 0.357. The van der Waals surface area contributed by atoms with E-state index in [1.807, 2.05) is 0 Å². The second kappa shape index (κ2) is 8.50. The Balaban J connectivity index is 2.59. The molecule has 0 saturated heterocycles. The van der Waals surface area contributed by atoms with Crippen molar-refractivity contribution in [2.24, 2.45) is 21.5 Å². The lowest BCUT2D eigenvalue weighted by atomic mass is 10.1. The summed E-state index contributed by atoms with van der Waals surface area (Å²) >= 11 is 0. The van der Waals surface area contributed by atoms with Crippen LogP contribution >= 0.6 is 0 Å². The molecule has 7 N–H and O–H groups in total. The lowest BCUT2D eigenvalue weighted by Crippen LogP contribution is -2.23. The van der Waals surface area contributed by atoms with E-state index in [2.05, 4.69) is 9.98 Å². The number of guanidine groups is 1. The molecule has 0 aliphatic heterocycles. The standard InChI is InChI=1S/C14H20N4O4/c15-14(16)18-7-2-3-10(13(21)22)17-8-6-9-11(19)4-1-5-12(9)20/h1,4-5,8,10,19-20H,2-3,6-7H2,(H,21,22)(H4,15,16,18)/t10-/m0/s1. The average molecular weight is 308 g/mol. The molecule has 0 fully saturated rings. The molecule has 0 aliphatic rings. The Hall–Kier alpha value is -2.77. The summed E-state index contributed by atoms with van der Waals surface area (Å²) in [5.74, 6) is -1.22. The lowest BCUT2D eigenvalue weighted by molar-refractivity contribution is -0.138. The van der Waals surface area contributed by atoms with Crippen molar-refractivity contribution in [1.82, 2.24) is 0 Å². The number of hydrogen-bond acceptors (Lipinski definition) is 5. The summed E-state index contributed by atoms with van der Waals surface area (Å²) in [6.07, 6.45) is 2.27. The van der Waals surface area contributed by atoms with E-state index in [1.165, 1.54) is 24.4 Å². The van der Waals surface area contributed by atoms with Gasteiger partial charge in [0.25, 0.3) is 0 Å². The number of phenolic OH excluding ortho intramolecular Hbond substituents is 2. The van der Waals surface area contributed by atoms with Gasteiger partial charge >= 0.3 is 5.97 Å². The lowest BCUT2D eigenvalue weighted by Gasteiger charge is -2.07. The number of hydrogen-bond donors (Lipinski definition) is 5. The molecule has 22 heavy (non-hydrogen) atoms. The van der Waals surface area contributed by atoms with Crippen molar-refractivity contribution < 1.29 is 20.1 Å². The van der Waals surface area contributed by atoms with Crippen molar-refractivity contribution >= 4 is 18.1 Å². The first-order valence-electron chi connectivity index (χ1n) is 6.71. The van der Waals surface area contributed by atoms with E-state index in [0.29, 0.717) is 18.5 Å². The zero-order valence-corrected chi connectivity index (χ0v) is 12.0. The highest BCUT2D eigenvalue weighted by atomic mass is 16.4. The van der Waals surface area contributed by atoms with Crippen molar-refractivity contribution in [3.63, 3.8) is 0 Å². The minimum atomic E-state index is -1.05. The Bertz CT molecular complexity index is 548. The molecule has 0 radical (unpaired) electrons. The van der Waals surface area contributed by atoms with Crippen molar-refractivity contribution in [1.29, 1.82) is 0 Å². The summed E-state index contributed by atoms with van der Waals surface area (Å²) in [5.41, 5.74) is 10.7. The van der Waals surface area contributed by atoms with Gasteiger partial charge in [-0.15, -0.1) is 0 Å². The molecule has 1 atom stereocenters. The zero-order valence-electron chi connectivity index (χ0n) is 12.0. The predicted octanol–water partition coefficient (Wildman–Crippen LogP) is 0.218. The third-order valence-electron chi connectivity index (χ3n) is 2.92. The van der Waals surface area contributed by atoms with E-state index >= 15 is 0 Å². The largest absolute Gasteiger partial charge is 0.508 e. The predicted molar refractivity (Wildman–Crippen MR) is 83.3 cm³/mol. The topological polar surface area (TPSA) is 155 Å². The maximum absolute atomic E-state index is 11.1. The van der Waals surface area contributed by atoms with E-state index in [-0.39, 0.29) is 30.3 Å². The number of carboxylic acid groups (broad SMARTS) is 1. The number of phenols is 2. The number of carbonyl (C=O) groups is 1. The fourth-order valence-corrected chi connectivity index (χ4v) is 1.80. The van der Waals surface area contributed by atoms with E-state index in [1.54, 1.807) is 0 Å². The van der Waals surface area contributed by atoms with Crippen LogP contribution in [0.15, 0.2) is 28.2 Å². The summed E-state index contributed by atoms with van der Waals surface area (Å²) in [6.45, 7) is 0.335. The number of aliphatic carboxylic acids is 1. The van der Waals surface area contributed by atoms with Crippen molar-refractivity contribution in [3.8, 4) is 11.5 Å². The maximum Gasteiger partial charge on any atom is 0.328 e. The molecule has 0 aliphatic carbocycles. The van der Waals surface area contributed by atoms with Crippen LogP contribution in [0.1, 0.15) is 18.4 Å². The highest BCUT2D eigenvalue weighted by molar-refractivity contribution is 5.77. The Kier molecular flexibility index (Phi) is 6.68. The molecule has 0 saturated carbocycles. The van der Waals surface area contributed by atoms with Crippen molar-refractivity contribution in [2.45, 2.75) is 25.3 Å². The van der Waals surface area contributed by atoms with Gasteiger partial charge in [-0.1, -0.05) is 6.07 Å². The molecule has 1 rings (SSSR count). The van der Waals surface area contributed by atoms with Crippen LogP contribution in [0.2, 0.25) is 0 Å². The number of benzene rings is 1. The molecule has 0 spiro atoms. The molecule has 1 aromatic carbocycles. The van der Waals surface area contributed by atoms with E-state index < -0.39 is 12.0 Å². The number of rotatable bonds is 8. The highest BCUT2D eigenvalue weighted by Gasteiger charge is 2.14. The first kappa shape index (κ1) is 17.3. The maximum atomic E-state index is 11.1. The number of nitrogens with two attached hydrogens (primary N) is 2. The van der Waals surface area contributed by atoms with Crippen LogP contribution in [0.5, 0.6) is 11.5 Å². The third-order valence-corrected chi connectivity index (χ3v) is 2.92. The van der Waals surface area contributed by atoms with Gasteiger partial charge in [0, 0.05) is 24.7 Å². The molecule has 0 amide bonds. The molecule has 1 aromatic rings. The molecule has 0 aromatic heterocycles. The monoisotopic (exact) mass is 308 g/mol. The number of nitrogens with zero attached hydrogens (tertiary/aromatic N) is 2. The quantitative estimate of drug-likeness (QED) is 0.263.